The molecular formula is C14H18N4. The standard InChI is InChI=1S/C14H18N4/c1-11-8-13(10-15)9-14(18-11)17-7-4-12-2-5-16-6-3-12/h2,8-9,16H,3-7H2,1H3,(H,17,18). The van der Waals surface area contributed by atoms with E-state index >= 15 is 0 Å². The van der Waals surface area contributed by atoms with Crippen LogP contribution in [0.5, 0.6) is 0 Å². The fraction of sp³-hybridized carbons (Fsp3) is 0.429. The zero-order valence-electron chi connectivity index (χ0n) is 10.7. The van der Waals surface area contributed by atoms with Crippen LogP contribution in [0.2, 0.25) is 0 Å². The summed E-state index contributed by atoms with van der Waals surface area (Å²) < 4.78 is 0. The van der Waals surface area contributed by atoms with Crippen LogP contribution in [-0.2, 0) is 0 Å². The van der Waals surface area contributed by atoms with Gasteiger partial charge >= 0.3 is 0 Å². The number of nitriles is 1. The Bertz CT molecular complexity index is 485. The van der Waals surface area contributed by atoms with Gasteiger partial charge in [0, 0.05) is 18.8 Å². The van der Waals surface area contributed by atoms with Crippen molar-refractivity contribution in [2.45, 2.75) is 19.8 Å². The lowest BCUT2D eigenvalue weighted by Gasteiger charge is -2.14. The molecule has 0 bridgehead atoms. The number of nitrogens with zero attached hydrogens (tertiary/aromatic N) is 2. The van der Waals surface area contributed by atoms with Crippen molar-refractivity contribution in [1.29, 1.82) is 5.26 Å². The Balaban J connectivity index is 1.88. The van der Waals surface area contributed by atoms with E-state index in [2.05, 4.69) is 27.8 Å². The van der Waals surface area contributed by atoms with Crippen molar-refractivity contribution >= 4 is 5.82 Å². The highest BCUT2D eigenvalue weighted by Crippen LogP contribution is 2.12. The molecule has 2 N–H and O–H groups in total. The minimum absolute atomic E-state index is 0.658. The monoisotopic (exact) mass is 242 g/mol. The summed E-state index contributed by atoms with van der Waals surface area (Å²) in [4.78, 5) is 4.37. The van der Waals surface area contributed by atoms with Gasteiger partial charge in [-0.15, -0.1) is 0 Å². The van der Waals surface area contributed by atoms with E-state index < -0.39 is 0 Å². The number of pyridine rings is 1. The Morgan fingerprint density at radius 1 is 1.50 bits per heavy atom. The van der Waals surface area contributed by atoms with Gasteiger partial charge in [-0.05, 0) is 38.4 Å². The van der Waals surface area contributed by atoms with Crippen LogP contribution in [0.25, 0.3) is 0 Å². The first-order chi connectivity index (χ1) is 8.78. The highest BCUT2D eigenvalue weighted by molar-refractivity contribution is 5.44. The molecule has 0 spiro atoms. The summed E-state index contributed by atoms with van der Waals surface area (Å²) in [5.74, 6) is 0.793. The van der Waals surface area contributed by atoms with Crippen molar-refractivity contribution in [3.63, 3.8) is 0 Å². The largest absolute Gasteiger partial charge is 0.370 e. The zero-order chi connectivity index (χ0) is 12.8. The molecule has 0 fully saturated rings. The number of hydrogen-bond donors (Lipinski definition) is 2. The lowest BCUT2D eigenvalue weighted by atomic mass is 10.1. The predicted molar refractivity (Wildman–Crippen MR) is 72.4 cm³/mol. The van der Waals surface area contributed by atoms with Crippen LogP contribution in [0.4, 0.5) is 5.82 Å². The van der Waals surface area contributed by atoms with E-state index in [1.165, 1.54) is 5.57 Å². The van der Waals surface area contributed by atoms with Crippen molar-refractivity contribution in [3.8, 4) is 6.07 Å². The molecule has 1 aliphatic rings. The molecule has 0 aromatic carbocycles. The van der Waals surface area contributed by atoms with Crippen LogP contribution >= 0.6 is 0 Å². The minimum Gasteiger partial charge on any atom is -0.370 e. The molecule has 0 aliphatic carbocycles. The van der Waals surface area contributed by atoms with Gasteiger partial charge in [0.2, 0.25) is 0 Å². The smallest absolute Gasteiger partial charge is 0.127 e. The quantitative estimate of drug-likeness (QED) is 0.793. The Hall–Kier alpha value is -1.86. The zero-order valence-corrected chi connectivity index (χ0v) is 10.7. The van der Waals surface area contributed by atoms with Gasteiger partial charge in [-0.3, -0.25) is 0 Å². The maximum absolute atomic E-state index is 8.89. The molecule has 0 amide bonds. The van der Waals surface area contributed by atoms with Gasteiger partial charge in [-0.1, -0.05) is 11.6 Å². The molecule has 94 valence electrons. The molecule has 2 rings (SSSR count). The van der Waals surface area contributed by atoms with E-state index in [1.807, 2.05) is 6.92 Å². The molecule has 0 atom stereocenters. The third-order valence-electron chi connectivity index (χ3n) is 2.99. The summed E-state index contributed by atoms with van der Waals surface area (Å²) in [7, 11) is 0. The van der Waals surface area contributed by atoms with Gasteiger partial charge in [0.25, 0.3) is 0 Å². The molecule has 0 radical (unpaired) electrons. The van der Waals surface area contributed by atoms with Crippen LogP contribution in [0.1, 0.15) is 24.1 Å². The van der Waals surface area contributed by atoms with E-state index in [0.29, 0.717) is 5.56 Å². The SMILES string of the molecule is Cc1cc(C#N)cc(NCCC2=CCNCC2)n1. The highest BCUT2D eigenvalue weighted by Gasteiger charge is 2.03. The number of aromatic nitrogens is 1. The molecule has 4 heteroatoms. The topological polar surface area (TPSA) is 60.7 Å². The second kappa shape index (κ2) is 6.18. The molecule has 0 saturated heterocycles. The first kappa shape index (κ1) is 12.6. The van der Waals surface area contributed by atoms with Crippen LogP contribution in [0, 0.1) is 18.3 Å². The Morgan fingerprint density at radius 2 is 2.39 bits per heavy atom. The van der Waals surface area contributed by atoms with E-state index in [4.69, 9.17) is 5.26 Å². The molecule has 4 nitrogen and oxygen atoms in total. The van der Waals surface area contributed by atoms with Crippen LogP contribution in [0.15, 0.2) is 23.8 Å². The minimum atomic E-state index is 0.658. The second-order valence-corrected chi connectivity index (χ2v) is 4.49. The average molecular weight is 242 g/mol. The number of anilines is 1. The fourth-order valence-corrected chi connectivity index (χ4v) is 2.07. The Labute approximate surface area is 108 Å². The molecular weight excluding hydrogens is 224 g/mol. The molecule has 1 aliphatic heterocycles. The van der Waals surface area contributed by atoms with E-state index in [9.17, 15) is 0 Å². The van der Waals surface area contributed by atoms with Gasteiger partial charge in [0.15, 0.2) is 0 Å². The maximum atomic E-state index is 8.89. The molecule has 0 unspecified atom stereocenters. The van der Waals surface area contributed by atoms with Gasteiger partial charge in [0.05, 0.1) is 11.6 Å². The van der Waals surface area contributed by atoms with Gasteiger partial charge in [-0.25, -0.2) is 4.98 Å². The molecule has 1 aromatic heterocycles. The summed E-state index contributed by atoms with van der Waals surface area (Å²) in [6.45, 7) is 4.83. The summed E-state index contributed by atoms with van der Waals surface area (Å²) in [6, 6.07) is 5.74. The second-order valence-electron chi connectivity index (χ2n) is 4.49. The summed E-state index contributed by atoms with van der Waals surface area (Å²) in [6.07, 6.45) is 4.43. The maximum Gasteiger partial charge on any atom is 0.127 e. The summed E-state index contributed by atoms with van der Waals surface area (Å²) in [5.41, 5.74) is 3.03. The molecule has 1 aromatic rings. The summed E-state index contributed by atoms with van der Waals surface area (Å²) in [5, 5.41) is 15.5. The lowest BCUT2D eigenvalue weighted by molar-refractivity contribution is 0.683. The summed E-state index contributed by atoms with van der Waals surface area (Å²) >= 11 is 0. The first-order valence-electron chi connectivity index (χ1n) is 6.29. The Morgan fingerprint density at radius 3 is 3.11 bits per heavy atom. The van der Waals surface area contributed by atoms with Crippen molar-refractivity contribution in [3.05, 3.63) is 35.0 Å². The van der Waals surface area contributed by atoms with Crippen LogP contribution < -0.4 is 10.6 Å². The first-order valence-corrected chi connectivity index (χ1v) is 6.29. The van der Waals surface area contributed by atoms with Crippen molar-refractivity contribution in [1.82, 2.24) is 10.3 Å². The third kappa shape index (κ3) is 3.57. The van der Waals surface area contributed by atoms with Gasteiger partial charge in [-0.2, -0.15) is 5.26 Å². The van der Waals surface area contributed by atoms with E-state index in [0.717, 1.165) is 44.0 Å². The van der Waals surface area contributed by atoms with E-state index in [-0.39, 0.29) is 0 Å². The van der Waals surface area contributed by atoms with Gasteiger partial charge in [0.1, 0.15) is 5.82 Å². The molecule has 0 saturated carbocycles. The van der Waals surface area contributed by atoms with Crippen molar-refractivity contribution < 1.29 is 0 Å². The average Bonchev–Trinajstić information content (AvgIpc) is 2.39. The Kier molecular flexibility index (Phi) is 4.32. The fourth-order valence-electron chi connectivity index (χ4n) is 2.07. The normalized spacial score (nSPS) is 14.8. The van der Waals surface area contributed by atoms with Gasteiger partial charge < -0.3 is 10.6 Å². The predicted octanol–water partition coefficient (Wildman–Crippen LogP) is 1.98. The lowest BCUT2D eigenvalue weighted by Crippen LogP contribution is -2.21. The van der Waals surface area contributed by atoms with Crippen molar-refractivity contribution in [2.24, 2.45) is 0 Å². The van der Waals surface area contributed by atoms with Crippen molar-refractivity contribution in [2.75, 3.05) is 25.0 Å². The van der Waals surface area contributed by atoms with Crippen LogP contribution in [-0.4, -0.2) is 24.6 Å². The van der Waals surface area contributed by atoms with E-state index in [1.54, 1.807) is 12.1 Å². The van der Waals surface area contributed by atoms with Crippen LogP contribution in [0.3, 0.4) is 0 Å². The highest BCUT2D eigenvalue weighted by atomic mass is 15.0. The number of hydrogen-bond acceptors (Lipinski definition) is 4. The third-order valence-corrected chi connectivity index (χ3v) is 2.99. The number of nitrogens with one attached hydrogen (secondary N) is 2. The number of aryl methyl sites for hydroxylation is 1. The number of rotatable bonds is 4. The molecule has 2 heterocycles. The molecule has 18 heavy (non-hydrogen) atoms.